The second-order valence-corrected chi connectivity index (χ2v) is 4.84. The molecule has 4 heteroatoms. The fourth-order valence-corrected chi connectivity index (χ4v) is 2.29. The normalized spacial score (nSPS) is 29.0. The smallest absolute Gasteiger partial charge is 0.326 e. The molecule has 1 aliphatic rings. The average Bonchev–Trinajstić information content (AvgIpc) is 2.35. The summed E-state index contributed by atoms with van der Waals surface area (Å²) < 4.78 is 10.3. The van der Waals surface area contributed by atoms with Gasteiger partial charge >= 0.3 is 5.97 Å². The van der Waals surface area contributed by atoms with E-state index in [0.717, 1.165) is 31.6 Å². The van der Waals surface area contributed by atoms with Crippen molar-refractivity contribution in [2.75, 3.05) is 19.8 Å². The van der Waals surface area contributed by atoms with Gasteiger partial charge in [0.15, 0.2) is 0 Å². The summed E-state index contributed by atoms with van der Waals surface area (Å²) >= 11 is 0. The molecule has 0 spiro atoms. The van der Waals surface area contributed by atoms with Gasteiger partial charge < -0.3 is 15.2 Å². The van der Waals surface area contributed by atoms with Gasteiger partial charge in [0.25, 0.3) is 0 Å². The highest BCUT2D eigenvalue weighted by atomic mass is 16.6. The van der Waals surface area contributed by atoms with Crippen LogP contribution in [0.2, 0.25) is 0 Å². The monoisotopic (exact) mass is 243 g/mol. The Kier molecular flexibility index (Phi) is 5.92. The molecule has 1 aliphatic carbocycles. The Morgan fingerprint density at radius 2 is 1.94 bits per heavy atom. The summed E-state index contributed by atoms with van der Waals surface area (Å²) in [5.74, 6) is 0.467. The van der Waals surface area contributed by atoms with Crippen LogP contribution in [0.5, 0.6) is 0 Å². The third-order valence-electron chi connectivity index (χ3n) is 3.65. The first kappa shape index (κ1) is 14.5. The first-order valence-electron chi connectivity index (χ1n) is 6.66. The maximum atomic E-state index is 11.9. The van der Waals surface area contributed by atoms with E-state index in [1.54, 1.807) is 0 Å². The molecule has 1 saturated carbocycles. The van der Waals surface area contributed by atoms with Crippen molar-refractivity contribution in [3.63, 3.8) is 0 Å². The minimum atomic E-state index is -0.752. The first-order chi connectivity index (χ1) is 8.12. The molecule has 0 aliphatic heterocycles. The van der Waals surface area contributed by atoms with Gasteiger partial charge in [-0.3, -0.25) is 4.79 Å². The topological polar surface area (TPSA) is 61.5 Å². The van der Waals surface area contributed by atoms with E-state index in [4.69, 9.17) is 15.2 Å². The molecule has 0 aromatic rings. The van der Waals surface area contributed by atoms with Crippen LogP contribution in [-0.4, -0.2) is 31.3 Å². The molecule has 2 N–H and O–H groups in total. The van der Waals surface area contributed by atoms with Gasteiger partial charge in [0, 0.05) is 6.61 Å². The zero-order chi connectivity index (χ0) is 12.7. The summed E-state index contributed by atoms with van der Waals surface area (Å²) in [6.45, 7) is 5.51. The third-order valence-corrected chi connectivity index (χ3v) is 3.65. The minimum Gasteiger partial charge on any atom is -0.462 e. The number of carbonyl (C=O) groups excluding carboxylic acids is 1. The molecule has 0 aromatic carbocycles. The fourth-order valence-electron chi connectivity index (χ4n) is 2.29. The number of hydrogen-bond donors (Lipinski definition) is 1. The predicted molar refractivity (Wildman–Crippen MR) is 66.6 cm³/mol. The summed E-state index contributed by atoms with van der Waals surface area (Å²) in [5.41, 5.74) is 5.37. The maximum Gasteiger partial charge on any atom is 0.326 e. The summed E-state index contributed by atoms with van der Waals surface area (Å²) in [4.78, 5) is 11.9. The third kappa shape index (κ3) is 4.28. The Morgan fingerprint density at radius 3 is 2.47 bits per heavy atom. The van der Waals surface area contributed by atoms with Crippen molar-refractivity contribution >= 4 is 5.97 Å². The summed E-state index contributed by atoms with van der Waals surface area (Å²) in [5, 5.41) is 0. The van der Waals surface area contributed by atoms with E-state index in [0.29, 0.717) is 19.8 Å². The van der Waals surface area contributed by atoms with Crippen molar-refractivity contribution in [2.24, 2.45) is 11.7 Å². The molecule has 0 bridgehead atoms. The first-order valence-corrected chi connectivity index (χ1v) is 6.66. The second kappa shape index (κ2) is 6.97. The number of ether oxygens (including phenoxy) is 2. The molecular weight excluding hydrogens is 218 g/mol. The Labute approximate surface area is 104 Å². The van der Waals surface area contributed by atoms with Crippen molar-refractivity contribution in [1.82, 2.24) is 0 Å². The van der Waals surface area contributed by atoms with Gasteiger partial charge in [-0.1, -0.05) is 13.3 Å². The quantitative estimate of drug-likeness (QED) is 0.571. The van der Waals surface area contributed by atoms with E-state index in [2.05, 4.69) is 6.92 Å². The van der Waals surface area contributed by atoms with Gasteiger partial charge in [-0.25, -0.2) is 0 Å². The van der Waals surface area contributed by atoms with Crippen LogP contribution in [0, 0.1) is 5.92 Å². The second-order valence-electron chi connectivity index (χ2n) is 4.84. The molecule has 0 heterocycles. The maximum absolute atomic E-state index is 11.9. The predicted octanol–water partition coefficient (Wildman–Crippen LogP) is 1.86. The van der Waals surface area contributed by atoms with Crippen LogP contribution in [0.1, 0.15) is 46.0 Å². The molecular formula is C13H25NO3. The molecule has 0 atom stereocenters. The highest BCUT2D eigenvalue weighted by Crippen LogP contribution is 2.32. The fraction of sp³-hybridized carbons (Fsp3) is 0.923. The number of nitrogens with two attached hydrogens (primary N) is 1. The molecule has 4 nitrogen and oxygen atoms in total. The summed E-state index contributed by atoms with van der Waals surface area (Å²) in [6, 6.07) is 0. The van der Waals surface area contributed by atoms with Crippen LogP contribution < -0.4 is 5.73 Å². The number of rotatable bonds is 6. The number of hydrogen-bond acceptors (Lipinski definition) is 4. The van der Waals surface area contributed by atoms with Gasteiger partial charge in [0.2, 0.25) is 0 Å². The Balaban J connectivity index is 2.30. The SMILES string of the molecule is CCOCCOC(=O)C1(N)CCC(CC)CC1. The zero-order valence-corrected chi connectivity index (χ0v) is 11.0. The minimum absolute atomic E-state index is 0.258. The molecule has 1 rings (SSSR count). The van der Waals surface area contributed by atoms with Gasteiger partial charge in [0.05, 0.1) is 6.61 Å². The Bertz CT molecular complexity index is 235. The molecule has 0 radical (unpaired) electrons. The lowest BCUT2D eigenvalue weighted by molar-refractivity contribution is -0.153. The van der Waals surface area contributed by atoms with Crippen molar-refractivity contribution in [2.45, 2.75) is 51.5 Å². The summed E-state index contributed by atoms with van der Waals surface area (Å²) in [7, 11) is 0. The van der Waals surface area contributed by atoms with Gasteiger partial charge in [0.1, 0.15) is 12.1 Å². The van der Waals surface area contributed by atoms with Crippen molar-refractivity contribution in [1.29, 1.82) is 0 Å². The van der Waals surface area contributed by atoms with E-state index in [-0.39, 0.29) is 5.97 Å². The molecule has 17 heavy (non-hydrogen) atoms. The highest BCUT2D eigenvalue weighted by molar-refractivity contribution is 5.80. The molecule has 0 aromatic heterocycles. The Hall–Kier alpha value is -0.610. The summed E-state index contributed by atoms with van der Waals surface area (Å²) in [6.07, 6.45) is 4.74. The van der Waals surface area contributed by atoms with Gasteiger partial charge in [-0.05, 0) is 38.5 Å². The van der Waals surface area contributed by atoms with Crippen LogP contribution in [0.25, 0.3) is 0 Å². The lowest BCUT2D eigenvalue weighted by atomic mass is 9.76. The van der Waals surface area contributed by atoms with E-state index in [9.17, 15) is 4.79 Å². The van der Waals surface area contributed by atoms with Crippen LogP contribution in [0.15, 0.2) is 0 Å². The average molecular weight is 243 g/mol. The standard InChI is InChI=1S/C13H25NO3/c1-3-11-5-7-13(14,8-6-11)12(15)17-10-9-16-4-2/h11H,3-10,14H2,1-2H3. The molecule has 0 unspecified atom stereocenters. The number of esters is 1. The van der Waals surface area contributed by atoms with E-state index >= 15 is 0 Å². The Morgan fingerprint density at radius 1 is 1.29 bits per heavy atom. The molecule has 0 amide bonds. The van der Waals surface area contributed by atoms with Crippen molar-refractivity contribution < 1.29 is 14.3 Å². The van der Waals surface area contributed by atoms with Crippen LogP contribution >= 0.6 is 0 Å². The number of carbonyl (C=O) groups is 1. The lowest BCUT2D eigenvalue weighted by Crippen LogP contribution is -2.51. The van der Waals surface area contributed by atoms with Crippen LogP contribution in [0.4, 0.5) is 0 Å². The van der Waals surface area contributed by atoms with E-state index in [1.807, 2.05) is 6.92 Å². The van der Waals surface area contributed by atoms with Gasteiger partial charge in [-0.2, -0.15) is 0 Å². The zero-order valence-electron chi connectivity index (χ0n) is 11.0. The highest BCUT2D eigenvalue weighted by Gasteiger charge is 2.39. The lowest BCUT2D eigenvalue weighted by Gasteiger charge is -2.34. The largest absolute Gasteiger partial charge is 0.462 e. The molecule has 100 valence electrons. The van der Waals surface area contributed by atoms with E-state index < -0.39 is 5.54 Å². The van der Waals surface area contributed by atoms with Crippen LogP contribution in [0.3, 0.4) is 0 Å². The van der Waals surface area contributed by atoms with Crippen LogP contribution in [-0.2, 0) is 14.3 Å². The van der Waals surface area contributed by atoms with Crippen molar-refractivity contribution in [3.05, 3.63) is 0 Å². The molecule has 0 saturated heterocycles. The molecule has 1 fully saturated rings. The van der Waals surface area contributed by atoms with Gasteiger partial charge in [-0.15, -0.1) is 0 Å². The van der Waals surface area contributed by atoms with E-state index in [1.165, 1.54) is 6.42 Å². The van der Waals surface area contributed by atoms with Crippen molar-refractivity contribution in [3.8, 4) is 0 Å².